The second kappa shape index (κ2) is 11.8. The van der Waals surface area contributed by atoms with Crippen LogP contribution in [0.3, 0.4) is 0 Å². The molecule has 0 spiro atoms. The van der Waals surface area contributed by atoms with Crippen molar-refractivity contribution in [2.75, 3.05) is 26.7 Å². The summed E-state index contributed by atoms with van der Waals surface area (Å²) in [6.45, 7) is 10.2. The smallest absolute Gasteiger partial charge is 0.407 e. The Morgan fingerprint density at radius 3 is 2.33 bits per heavy atom. The quantitative estimate of drug-likeness (QED) is 0.632. The van der Waals surface area contributed by atoms with Gasteiger partial charge in [-0.2, -0.15) is 0 Å². The fourth-order valence-electron chi connectivity index (χ4n) is 3.07. The number of likely N-dealkylation sites (N-methyl/N-ethyl adjacent to an activating group) is 1. The molecule has 6 nitrogen and oxygen atoms in total. The Labute approximate surface area is 167 Å². The number of hydrogen-bond donors (Lipinski definition) is 2. The lowest BCUT2D eigenvalue weighted by molar-refractivity contribution is -0.123. The predicted molar refractivity (Wildman–Crippen MR) is 109 cm³/mol. The molecule has 0 heterocycles. The third-order valence-corrected chi connectivity index (χ3v) is 4.83. The summed E-state index contributed by atoms with van der Waals surface area (Å²) in [5.74, 6) is 0.0263. The summed E-state index contributed by atoms with van der Waals surface area (Å²) >= 11 is 6.40. The molecule has 2 unspecified atom stereocenters. The molecule has 1 aromatic rings. The molecule has 2 atom stereocenters. The number of benzene rings is 1. The molecule has 0 radical (unpaired) electrons. The Hall–Kier alpha value is -1.79. The molecule has 0 saturated carbocycles. The maximum atomic E-state index is 12.7. The first-order chi connectivity index (χ1) is 12.8. The predicted octanol–water partition coefficient (Wildman–Crippen LogP) is 3.61. The van der Waals surface area contributed by atoms with Crippen LogP contribution in [0.2, 0.25) is 5.02 Å². The van der Waals surface area contributed by atoms with E-state index in [-0.39, 0.29) is 17.9 Å². The molecular weight excluding hydrogens is 366 g/mol. The molecule has 0 aromatic heterocycles. The van der Waals surface area contributed by atoms with Gasteiger partial charge in [0.15, 0.2) is 0 Å². The van der Waals surface area contributed by atoms with Crippen molar-refractivity contribution in [2.24, 2.45) is 5.92 Å². The van der Waals surface area contributed by atoms with Gasteiger partial charge in [0.05, 0.1) is 13.2 Å². The minimum atomic E-state index is -0.638. The van der Waals surface area contributed by atoms with Gasteiger partial charge in [-0.25, -0.2) is 4.79 Å². The van der Waals surface area contributed by atoms with Crippen LogP contribution in [0.1, 0.15) is 45.7 Å². The maximum absolute atomic E-state index is 12.7. The van der Waals surface area contributed by atoms with Gasteiger partial charge in [0.1, 0.15) is 6.04 Å². The number of carbonyl (C=O) groups is 2. The van der Waals surface area contributed by atoms with Crippen molar-refractivity contribution in [2.45, 2.75) is 46.2 Å². The SMILES string of the molecule is CCN(CC)C(CNC(=O)C(CC(C)C)NC(=O)OC)c1ccccc1Cl. The molecule has 1 rings (SSSR count). The van der Waals surface area contributed by atoms with E-state index < -0.39 is 12.1 Å². The normalized spacial score (nSPS) is 13.3. The molecule has 0 saturated heterocycles. The Morgan fingerprint density at radius 1 is 1.19 bits per heavy atom. The number of methoxy groups -OCH3 is 1. The fraction of sp³-hybridized carbons (Fsp3) is 0.600. The van der Waals surface area contributed by atoms with Crippen molar-refractivity contribution >= 4 is 23.6 Å². The van der Waals surface area contributed by atoms with Crippen LogP contribution in [0.15, 0.2) is 24.3 Å². The van der Waals surface area contributed by atoms with Crippen molar-refractivity contribution < 1.29 is 14.3 Å². The van der Waals surface area contributed by atoms with Crippen LogP contribution in [-0.4, -0.2) is 49.7 Å². The van der Waals surface area contributed by atoms with E-state index in [0.717, 1.165) is 18.7 Å². The first-order valence-electron chi connectivity index (χ1n) is 9.44. The molecule has 0 aliphatic carbocycles. The van der Waals surface area contributed by atoms with Crippen LogP contribution in [0.25, 0.3) is 0 Å². The Balaban J connectivity index is 2.92. The molecule has 152 valence electrons. The van der Waals surface area contributed by atoms with E-state index in [9.17, 15) is 9.59 Å². The minimum absolute atomic E-state index is 0.0459. The Morgan fingerprint density at radius 2 is 1.81 bits per heavy atom. The van der Waals surface area contributed by atoms with Crippen LogP contribution in [-0.2, 0) is 9.53 Å². The number of hydrogen-bond acceptors (Lipinski definition) is 4. The van der Waals surface area contributed by atoms with E-state index in [1.807, 2.05) is 38.1 Å². The first kappa shape index (κ1) is 23.2. The van der Waals surface area contributed by atoms with Gasteiger partial charge in [0.2, 0.25) is 5.91 Å². The zero-order valence-electron chi connectivity index (χ0n) is 16.9. The van der Waals surface area contributed by atoms with Crippen molar-refractivity contribution in [1.82, 2.24) is 15.5 Å². The van der Waals surface area contributed by atoms with Crippen LogP contribution >= 0.6 is 11.6 Å². The average Bonchev–Trinajstić information content (AvgIpc) is 2.64. The summed E-state index contributed by atoms with van der Waals surface area (Å²) in [4.78, 5) is 26.5. The van der Waals surface area contributed by atoms with Gasteiger partial charge in [0.25, 0.3) is 0 Å². The number of carbonyl (C=O) groups excluding carboxylic acids is 2. The van der Waals surface area contributed by atoms with Gasteiger partial charge in [-0.1, -0.05) is 57.5 Å². The highest BCUT2D eigenvalue weighted by Crippen LogP contribution is 2.27. The van der Waals surface area contributed by atoms with Gasteiger partial charge in [-0.3, -0.25) is 9.69 Å². The molecule has 2 N–H and O–H groups in total. The lowest BCUT2D eigenvalue weighted by atomic mass is 10.0. The molecule has 7 heteroatoms. The van der Waals surface area contributed by atoms with Crippen molar-refractivity contribution in [3.8, 4) is 0 Å². The van der Waals surface area contributed by atoms with E-state index in [4.69, 9.17) is 11.6 Å². The minimum Gasteiger partial charge on any atom is -0.453 e. The summed E-state index contributed by atoms with van der Waals surface area (Å²) in [5.41, 5.74) is 0.976. The highest BCUT2D eigenvalue weighted by molar-refractivity contribution is 6.31. The Kier molecular flexibility index (Phi) is 10.2. The lowest BCUT2D eigenvalue weighted by Gasteiger charge is -2.31. The van der Waals surface area contributed by atoms with Gasteiger partial charge in [-0.15, -0.1) is 0 Å². The largest absolute Gasteiger partial charge is 0.453 e. The van der Waals surface area contributed by atoms with Crippen molar-refractivity contribution in [3.05, 3.63) is 34.9 Å². The number of alkyl carbamates (subject to hydrolysis) is 1. The summed E-state index contributed by atoms with van der Waals surface area (Å²) in [7, 11) is 1.29. The Bertz CT molecular complexity index is 606. The first-order valence-corrected chi connectivity index (χ1v) is 9.82. The van der Waals surface area contributed by atoms with Gasteiger partial charge in [-0.05, 0) is 37.1 Å². The standard InChI is InChI=1S/C20H32ClN3O3/c1-6-24(7-2)18(15-10-8-9-11-16(15)21)13-22-19(25)17(12-14(3)4)23-20(26)27-5/h8-11,14,17-18H,6-7,12-13H2,1-5H3,(H,22,25)(H,23,26). The molecule has 0 aliphatic heterocycles. The highest BCUT2D eigenvalue weighted by atomic mass is 35.5. The van der Waals surface area contributed by atoms with E-state index in [1.54, 1.807) is 0 Å². The molecule has 0 fully saturated rings. The second-order valence-corrected chi connectivity index (χ2v) is 7.23. The van der Waals surface area contributed by atoms with E-state index in [2.05, 4.69) is 34.1 Å². The van der Waals surface area contributed by atoms with Crippen LogP contribution in [0, 0.1) is 5.92 Å². The number of ether oxygens (including phenoxy) is 1. The molecule has 1 aromatic carbocycles. The van der Waals surface area contributed by atoms with E-state index in [1.165, 1.54) is 7.11 Å². The third kappa shape index (κ3) is 7.39. The van der Waals surface area contributed by atoms with Gasteiger partial charge >= 0.3 is 6.09 Å². The molecular formula is C20H32ClN3O3. The van der Waals surface area contributed by atoms with Gasteiger partial charge < -0.3 is 15.4 Å². The number of nitrogens with zero attached hydrogens (tertiary/aromatic N) is 1. The summed E-state index contributed by atoms with van der Waals surface area (Å²) < 4.78 is 4.64. The van der Waals surface area contributed by atoms with E-state index >= 15 is 0 Å². The van der Waals surface area contributed by atoms with E-state index in [0.29, 0.717) is 18.0 Å². The lowest BCUT2D eigenvalue weighted by Crippen LogP contribution is -2.49. The second-order valence-electron chi connectivity index (χ2n) is 6.82. The zero-order valence-corrected chi connectivity index (χ0v) is 17.7. The number of nitrogens with one attached hydrogen (secondary N) is 2. The number of rotatable bonds is 10. The van der Waals surface area contributed by atoms with Crippen LogP contribution in [0.4, 0.5) is 4.79 Å². The third-order valence-electron chi connectivity index (χ3n) is 4.49. The van der Waals surface area contributed by atoms with Crippen molar-refractivity contribution in [1.29, 1.82) is 0 Å². The molecule has 27 heavy (non-hydrogen) atoms. The van der Waals surface area contributed by atoms with Crippen LogP contribution in [0.5, 0.6) is 0 Å². The summed E-state index contributed by atoms with van der Waals surface area (Å²) in [6, 6.07) is 6.99. The average molecular weight is 398 g/mol. The molecule has 0 bridgehead atoms. The highest BCUT2D eigenvalue weighted by Gasteiger charge is 2.25. The van der Waals surface area contributed by atoms with Crippen molar-refractivity contribution in [3.63, 3.8) is 0 Å². The monoisotopic (exact) mass is 397 g/mol. The molecule has 0 aliphatic rings. The topological polar surface area (TPSA) is 70.7 Å². The number of amides is 2. The fourth-order valence-corrected chi connectivity index (χ4v) is 3.33. The summed E-state index contributed by atoms with van der Waals surface area (Å²) in [5, 5.41) is 6.28. The van der Waals surface area contributed by atoms with Gasteiger partial charge in [0, 0.05) is 11.6 Å². The maximum Gasteiger partial charge on any atom is 0.407 e. The molecule has 2 amide bonds. The van der Waals surface area contributed by atoms with Crippen LogP contribution < -0.4 is 10.6 Å². The summed E-state index contributed by atoms with van der Waals surface area (Å²) in [6.07, 6.45) is -0.0784. The number of halogens is 1. The zero-order chi connectivity index (χ0) is 20.4.